The van der Waals surface area contributed by atoms with Gasteiger partial charge in [-0.05, 0) is 11.1 Å². The molecule has 0 aliphatic carbocycles. The van der Waals surface area contributed by atoms with Crippen molar-refractivity contribution < 1.29 is 13.8 Å². The van der Waals surface area contributed by atoms with E-state index in [9.17, 15) is 4.79 Å². The van der Waals surface area contributed by atoms with Crippen molar-refractivity contribution in [3.63, 3.8) is 0 Å². The van der Waals surface area contributed by atoms with E-state index in [-0.39, 0.29) is 3.53 Å². The Hall–Kier alpha value is -0.810. The molecule has 0 amide bonds. The van der Waals surface area contributed by atoms with Crippen molar-refractivity contribution in [2.45, 2.75) is 13.2 Å². The number of rotatable bonds is 7. The van der Waals surface area contributed by atoms with E-state index >= 15 is 0 Å². The van der Waals surface area contributed by atoms with Crippen LogP contribution in [0.25, 0.3) is 0 Å². The summed E-state index contributed by atoms with van der Waals surface area (Å²) in [6, 6.07) is 19.5. The van der Waals surface area contributed by atoms with Gasteiger partial charge in [-0.15, -0.1) is 0 Å². The minimum absolute atomic E-state index is 0.0931. The van der Waals surface area contributed by atoms with Crippen LogP contribution in [0.15, 0.2) is 60.7 Å². The van der Waals surface area contributed by atoms with E-state index in [4.69, 9.17) is 9.05 Å². The van der Waals surface area contributed by atoms with E-state index in [1.807, 2.05) is 60.7 Å². The maximum Gasteiger partial charge on any atom is 0.269 e. The molecule has 0 radical (unpaired) electrons. The van der Waals surface area contributed by atoms with Gasteiger partial charge in [-0.3, -0.25) is 4.79 Å². The highest BCUT2D eigenvalue weighted by atomic mass is 127. The number of hydrogen-bond acceptors (Lipinski definition) is 3. The topological polar surface area (TPSA) is 35.5 Å². The second-order valence-corrected chi connectivity index (χ2v) is 7.30. The standard InChI is InChI=1S/C15H14IO3P/c16-15(17)20(18-11-13-7-3-1-4-8-13)19-12-14-9-5-2-6-10-14/h1-10H,11-12H2. The molecule has 0 bridgehead atoms. The molecule has 0 fully saturated rings. The van der Waals surface area contributed by atoms with Crippen molar-refractivity contribution in [3.05, 3.63) is 71.8 Å². The molecule has 5 heteroatoms. The van der Waals surface area contributed by atoms with Gasteiger partial charge < -0.3 is 9.05 Å². The van der Waals surface area contributed by atoms with Crippen molar-refractivity contribution >= 4 is 34.5 Å². The lowest BCUT2D eigenvalue weighted by molar-refractivity contribution is 0.230. The van der Waals surface area contributed by atoms with Crippen LogP contribution < -0.4 is 0 Å². The van der Waals surface area contributed by atoms with Gasteiger partial charge in [0, 0.05) is 22.6 Å². The molecule has 2 aromatic carbocycles. The van der Waals surface area contributed by atoms with E-state index in [1.165, 1.54) is 0 Å². The third kappa shape index (κ3) is 5.29. The van der Waals surface area contributed by atoms with Gasteiger partial charge in [-0.1, -0.05) is 60.7 Å². The zero-order chi connectivity index (χ0) is 14.2. The Morgan fingerprint density at radius 2 is 1.25 bits per heavy atom. The van der Waals surface area contributed by atoms with Crippen molar-refractivity contribution in [2.75, 3.05) is 0 Å². The summed E-state index contributed by atoms with van der Waals surface area (Å²) in [7, 11) is -1.52. The summed E-state index contributed by atoms with van der Waals surface area (Å²) in [5.74, 6) is 0. The fourth-order valence-electron chi connectivity index (χ4n) is 1.55. The zero-order valence-corrected chi connectivity index (χ0v) is 13.8. The number of hydrogen-bond donors (Lipinski definition) is 0. The highest BCUT2D eigenvalue weighted by Crippen LogP contribution is 2.44. The van der Waals surface area contributed by atoms with Gasteiger partial charge >= 0.3 is 0 Å². The lowest BCUT2D eigenvalue weighted by Gasteiger charge is -2.13. The maximum atomic E-state index is 11.6. The normalized spacial score (nSPS) is 10.7. The van der Waals surface area contributed by atoms with E-state index in [2.05, 4.69) is 0 Å². The fourth-order valence-corrected chi connectivity index (χ4v) is 3.20. The first kappa shape index (κ1) is 15.6. The minimum atomic E-state index is -1.52. The number of benzene rings is 2. The molecule has 0 aromatic heterocycles. The van der Waals surface area contributed by atoms with E-state index in [0.717, 1.165) is 11.1 Å². The molecule has 0 saturated heterocycles. The van der Waals surface area contributed by atoms with Crippen LogP contribution in [0.2, 0.25) is 0 Å². The highest BCUT2D eigenvalue weighted by molar-refractivity contribution is 14.1. The Labute approximate surface area is 133 Å². The lowest BCUT2D eigenvalue weighted by atomic mass is 10.2. The molecule has 0 aliphatic rings. The molecule has 0 atom stereocenters. The van der Waals surface area contributed by atoms with Crippen molar-refractivity contribution in [1.82, 2.24) is 0 Å². The SMILES string of the molecule is O=C(I)P(OCc1ccccc1)OCc1ccccc1. The Kier molecular flexibility index (Phi) is 6.60. The largest absolute Gasteiger partial charge is 0.323 e. The van der Waals surface area contributed by atoms with Crippen LogP contribution in [0.3, 0.4) is 0 Å². The van der Waals surface area contributed by atoms with Gasteiger partial charge in [0.05, 0.1) is 13.2 Å². The second kappa shape index (κ2) is 8.47. The van der Waals surface area contributed by atoms with E-state index in [1.54, 1.807) is 22.6 Å². The van der Waals surface area contributed by atoms with Gasteiger partial charge in [0.15, 0.2) is 0 Å². The Morgan fingerprint density at radius 1 is 0.850 bits per heavy atom. The summed E-state index contributed by atoms with van der Waals surface area (Å²) in [6.45, 7) is 0.770. The van der Waals surface area contributed by atoms with Crippen molar-refractivity contribution in [2.24, 2.45) is 0 Å². The number of halogens is 1. The molecule has 0 N–H and O–H groups in total. The molecule has 0 saturated carbocycles. The molecule has 0 heterocycles. The van der Waals surface area contributed by atoms with Gasteiger partial charge in [0.1, 0.15) is 0 Å². The van der Waals surface area contributed by atoms with Crippen LogP contribution in [-0.2, 0) is 22.3 Å². The number of carbonyl (C=O) groups excluding carboxylic acids is 1. The number of carbonyl (C=O) groups is 1. The molecular weight excluding hydrogens is 386 g/mol. The van der Waals surface area contributed by atoms with Crippen LogP contribution in [0.5, 0.6) is 0 Å². The quantitative estimate of drug-likeness (QED) is 0.360. The van der Waals surface area contributed by atoms with Gasteiger partial charge in [0.2, 0.25) is 0 Å². The Bertz CT molecular complexity index is 490. The van der Waals surface area contributed by atoms with Crippen molar-refractivity contribution in [3.8, 4) is 0 Å². The van der Waals surface area contributed by atoms with Crippen molar-refractivity contribution in [1.29, 1.82) is 0 Å². The van der Waals surface area contributed by atoms with Crippen LogP contribution >= 0.6 is 31.0 Å². The van der Waals surface area contributed by atoms with Gasteiger partial charge in [-0.2, -0.15) is 0 Å². The molecule has 0 unspecified atom stereocenters. The molecular formula is C15H14IO3P. The van der Waals surface area contributed by atoms with Crippen LogP contribution in [-0.4, -0.2) is 3.53 Å². The van der Waals surface area contributed by atoms with E-state index < -0.39 is 8.38 Å². The third-order valence-corrected chi connectivity index (χ3v) is 4.72. The van der Waals surface area contributed by atoms with E-state index in [0.29, 0.717) is 13.2 Å². The first-order valence-electron chi connectivity index (χ1n) is 6.09. The molecule has 3 nitrogen and oxygen atoms in total. The second-order valence-electron chi connectivity index (χ2n) is 4.03. The predicted molar refractivity (Wildman–Crippen MR) is 88.8 cm³/mol. The molecule has 20 heavy (non-hydrogen) atoms. The highest BCUT2D eigenvalue weighted by Gasteiger charge is 2.18. The Balaban J connectivity index is 1.86. The summed E-state index contributed by atoms with van der Waals surface area (Å²) < 4.78 is 11.1. The van der Waals surface area contributed by atoms with Crippen LogP contribution in [0.4, 0.5) is 4.79 Å². The molecule has 0 spiro atoms. The predicted octanol–water partition coefficient (Wildman–Crippen LogP) is 5.29. The lowest BCUT2D eigenvalue weighted by Crippen LogP contribution is -1.97. The molecule has 104 valence electrons. The van der Waals surface area contributed by atoms with Crippen LogP contribution in [0.1, 0.15) is 11.1 Å². The molecule has 2 rings (SSSR count). The average Bonchev–Trinajstić information content (AvgIpc) is 2.49. The first-order chi connectivity index (χ1) is 9.75. The summed E-state index contributed by atoms with van der Waals surface area (Å²) in [5.41, 5.74) is 2.06. The molecule has 2 aromatic rings. The average molecular weight is 400 g/mol. The molecule has 0 aliphatic heterocycles. The Morgan fingerprint density at radius 3 is 1.60 bits per heavy atom. The van der Waals surface area contributed by atoms with Crippen LogP contribution in [0, 0.1) is 0 Å². The summed E-state index contributed by atoms with van der Waals surface area (Å²) in [4.78, 5) is 11.6. The summed E-state index contributed by atoms with van der Waals surface area (Å²) >= 11 is 1.73. The third-order valence-electron chi connectivity index (χ3n) is 2.53. The fraction of sp³-hybridized carbons (Fsp3) is 0.133. The summed E-state index contributed by atoms with van der Waals surface area (Å²) in [6.07, 6.45) is 0. The van der Waals surface area contributed by atoms with Gasteiger partial charge in [0.25, 0.3) is 11.9 Å². The summed E-state index contributed by atoms with van der Waals surface area (Å²) in [5, 5.41) is 0. The smallest absolute Gasteiger partial charge is 0.269 e. The minimum Gasteiger partial charge on any atom is -0.323 e. The van der Waals surface area contributed by atoms with Gasteiger partial charge in [-0.25, -0.2) is 0 Å². The zero-order valence-electron chi connectivity index (χ0n) is 10.7. The first-order valence-corrected chi connectivity index (χ1v) is 8.34. The maximum absolute atomic E-state index is 11.6. The monoisotopic (exact) mass is 400 g/mol.